The Morgan fingerprint density at radius 1 is 0.718 bits per heavy atom. The summed E-state index contributed by atoms with van der Waals surface area (Å²) in [6.45, 7) is 1.66. The molecule has 0 bridgehead atoms. The van der Waals surface area contributed by atoms with Gasteiger partial charge >= 0.3 is 0 Å². The molecule has 0 unspecified atom stereocenters. The minimum Gasteiger partial charge on any atom is -0.493 e. The number of unbranched alkanes of at least 4 members (excludes halogenated alkanes) is 2. The molecule has 11 heteroatoms. The summed E-state index contributed by atoms with van der Waals surface area (Å²) >= 11 is 0. The second-order valence-electron chi connectivity index (χ2n) is 9.87. The molecule has 218 valence electrons. The monoisotopic (exact) mass is 583 g/mol. The van der Waals surface area contributed by atoms with Gasteiger partial charge in [-0.1, -0.05) is 25.0 Å². The molecule has 3 rings (SSSR count). The standard InChI is InChI=1S/C28H41NO8S2/c1-29(17-14-22-10-12-24(34-2)26(20-22)36-4)16-8-6-7-15-28(38(30,31)18-9-19-39(28,32)33)23-11-13-25(35-3)27(21-23)37-5/h10-13,20-21H,6-9,14-19H2,1-5H3. The molecule has 0 spiro atoms. The Kier molecular flexibility index (Phi) is 10.5. The van der Waals surface area contributed by atoms with Crippen molar-refractivity contribution in [2.24, 2.45) is 0 Å². The highest BCUT2D eigenvalue weighted by atomic mass is 32.3. The number of hydrogen-bond donors (Lipinski definition) is 0. The van der Waals surface area contributed by atoms with Crippen molar-refractivity contribution >= 4 is 19.7 Å². The van der Waals surface area contributed by atoms with Crippen molar-refractivity contribution < 1.29 is 35.8 Å². The van der Waals surface area contributed by atoms with Gasteiger partial charge in [-0.05, 0) is 74.7 Å². The molecule has 0 atom stereocenters. The summed E-state index contributed by atoms with van der Waals surface area (Å²) in [5.41, 5.74) is 1.37. The number of likely N-dealkylation sites (N-methyl/N-ethyl adjacent to an activating group) is 1. The third kappa shape index (κ3) is 6.63. The molecule has 9 nitrogen and oxygen atoms in total. The van der Waals surface area contributed by atoms with E-state index in [0.29, 0.717) is 35.8 Å². The molecule has 0 aromatic heterocycles. The molecule has 0 N–H and O–H groups in total. The Morgan fingerprint density at radius 3 is 1.87 bits per heavy atom. The van der Waals surface area contributed by atoms with Crippen molar-refractivity contribution in [1.82, 2.24) is 4.90 Å². The zero-order valence-corrected chi connectivity index (χ0v) is 25.2. The molecule has 39 heavy (non-hydrogen) atoms. The van der Waals surface area contributed by atoms with Crippen LogP contribution in [0.15, 0.2) is 36.4 Å². The maximum atomic E-state index is 13.5. The predicted octanol–water partition coefficient (Wildman–Crippen LogP) is 3.84. The highest BCUT2D eigenvalue weighted by Gasteiger charge is 2.57. The number of benzene rings is 2. The molecular weight excluding hydrogens is 542 g/mol. The van der Waals surface area contributed by atoms with Gasteiger partial charge in [0, 0.05) is 6.54 Å². The summed E-state index contributed by atoms with van der Waals surface area (Å²) in [6, 6.07) is 10.5. The van der Waals surface area contributed by atoms with Gasteiger partial charge in [-0.3, -0.25) is 0 Å². The highest BCUT2D eigenvalue weighted by molar-refractivity contribution is 8.10. The van der Waals surface area contributed by atoms with E-state index in [1.165, 1.54) is 20.3 Å². The van der Waals surface area contributed by atoms with Gasteiger partial charge in [-0.15, -0.1) is 0 Å². The van der Waals surface area contributed by atoms with Gasteiger partial charge in [0.2, 0.25) is 0 Å². The van der Waals surface area contributed by atoms with E-state index in [1.807, 2.05) is 25.2 Å². The smallest absolute Gasteiger partial charge is 0.198 e. The van der Waals surface area contributed by atoms with Gasteiger partial charge in [0.05, 0.1) is 39.9 Å². The van der Waals surface area contributed by atoms with E-state index in [9.17, 15) is 16.8 Å². The highest BCUT2D eigenvalue weighted by Crippen LogP contribution is 2.47. The predicted molar refractivity (Wildman–Crippen MR) is 153 cm³/mol. The van der Waals surface area contributed by atoms with E-state index in [-0.39, 0.29) is 29.9 Å². The molecule has 1 heterocycles. The Hall–Kier alpha value is -2.50. The molecule has 2 aromatic carbocycles. The number of sulfone groups is 2. The topological polar surface area (TPSA) is 108 Å². The van der Waals surface area contributed by atoms with Crippen molar-refractivity contribution in [3.63, 3.8) is 0 Å². The molecule has 0 saturated carbocycles. The number of hydrogen-bond acceptors (Lipinski definition) is 9. The summed E-state index contributed by atoms with van der Waals surface area (Å²) in [4.78, 5) is 2.22. The van der Waals surface area contributed by atoms with Crippen LogP contribution in [0.25, 0.3) is 0 Å². The molecule has 0 radical (unpaired) electrons. The average molecular weight is 584 g/mol. The van der Waals surface area contributed by atoms with Crippen molar-refractivity contribution in [1.29, 1.82) is 0 Å². The molecule has 1 saturated heterocycles. The van der Waals surface area contributed by atoms with E-state index in [0.717, 1.165) is 31.5 Å². The third-order valence-corrected chi connectivity index (χ3v) is 13.5. The van der Waals surface area contributed by atoms with Crippen LogP contribution in [0.4, 0.5) is 0 Å². The maximum Gasteiger partial charge on any atom is 0.198 e. The zero-order valence-electron chi connectivity index (χ0n) is 23.6. The first kappa shape index (κ1) is 31.0. The lowest BCUT2D eigenvalue weighted by Crippen LogP contribution is -2.49. The van der Waals surface area contributed by atoms with E-state index < -0.39 is 23.8 Å². The second-order valence-corrected chi connectivity index (χ2v) is 14.8. The first-order valence-corrected chi connectivity index (χ1v) is 16.4. The fourth-order valence-corrected chi connectivity index (χ4v) is 11.1. The van der Waals surface area contributed by atoms with Crippen LogP contribution < -0.4 is 18.9 Å². The van der Waals surface area contributed by atoms with Gasteiger partial charge < -0.3 is 23.8 Å². The summed E-state index contributed by atoms with van der Waals surface area (Å²) in [5.74, 6) is 1.81. The summed E-state index contributed by atoms with van der Waals surface area (Å²) in [6.07, 6.45) is 2.98. The molecule has 1 fully saturated rings. The molecule has 0 amide bonds. The Morgan fingerprint density at radius 2 is 1.28 bits per heavy atom. The lowest BCUT2D eigenvalue weighted by atomic mass is 10.0. The van der Waals surface area contributed by atoms with Crippen LogP contribution in [0.5, 0.6) is 23.0 Å². The van der Waals surface area contributed by atoms with Gasteiger partial charge in [0.25, 0.3) is 0 Å². The van der Waals surface area contributed by atoms with Crippen molar-refractivity contribution in [2.45, 2.75) is 42.6 Å². The molecule has 2 aromatic rings. The summed E-state index contributed by atoms with van der Waals surface area (Å²) in [7, 11) is 0.279. The first-order chi connectivity index (χ1) is 18.5. The SMILES string of the molecule is COc1ccc(CCN(C)CCCCCC2(c3ccc(OC)c(OC)c3)S(=O)(=O)CCCS2(=O)=O)cc1OC. The quantitative estimate of drug-likeness (QED) is 0.307. The van der Waals surface area contributed by atoms with Crippen LogP contribution in [-0.4, -0.2) is 81.8 Å². The van der Waals surface area contributed by atoms with E-state index >= 15 is 0 Å². The number of nitrogens with zero attached hydrogens (tertiary/aromatic N) is 1. The van der Waals surface area contributed by atoms with Gasteiger partial charge in [0.1, 0.15) is 0 Å². The van der Waals surface area contributed by atoms with Crippen LogP contribution in [0.3, 0.4) is 0 Å². The van der Waals surface area contributed by atoms with Gasteiger partial charge in [0.15, 0.2) is 46.8 Å². The molecule has 1 aliphatic heterocycles. The Balaban J connectivity index is 1.66. The minimum atomic E-state index is -3.96. The number of rotatable bonds is 14. The van der Waals surface area contributed by atoms with Crippen LogP contribution in [0.2, 0.25) is 0 Å². The zero-order chi connectivity index (χ0) is 28.7. The van der Waals surface area contributed by atoms with E-state index in [1.54, 1.807) is 26.4 Å². The summed E-state index contributed by atoms with van der Waals surface area (Å²) < 4.78 is 73.3. The second kappa shape index (κ2) is 13.2. The Bertz CT molecular complexity index is 1290. The van der Waals surface area contributed by atoms with Crippen molar-refractivity contribution in [3.8, 4) is 23.0 Å². The lowest BCUT2D eigenvalue weighted by Gasteiger charge is -2.37. The minimum absolute atomic E-state index is 0.0164. The third-order valence-electron chi connectivity index (χ3n) is 7.43. The normalized spacial score (nSPS) is 17.5. The number of ether oxygens (including phenoxy) is 4. The van der Waals surface area contributed by atoms with Crippen molar-refractivity contribution in [2.75, 3.05) is 60.1 Å². The van der Waals surface area contributed by atoms with Crippen LogP contribution in [0.1, 0.15) is 43.2 Å². The van der Waals surface area contributed by atoms with Crippen LogP contribution >= 0.6 is 0 Å². The van der Waals surface area contributed by atoms with Crippen molar-refractivity contribution in [3.05, 3.63) is 47.5 Å². The fraction of sp³-hybridized carbons (Fsp3) is 0.571. The largest absolute Gasteiger partial charge is 0.493 e. The van der Waals surface area contributed by atoms with Crippen LogP contribution in [0, 0.1) is 0 Å². The maximum absolute atomic E-state index is 13.5. The molecule has 0 aliphatic carbocycles. The van der Waals surface area contributed by atoms with Gasteiger partial charge in [-0.2, -0.15) is 0 Å². The fourth-order valence-electron chi connectivity index (χ4n) is 5.23. The molecule has 1 aliphatic rings. The average Bonchev–Trinajstić information content (AvgIpc) is 2.92. The first-order valence-electron chi connectivity index (χ1n) is 13.1. The van der Waals surface area contributed by atoms with E-state index in [4.69, 9.17) is 18.9 Å². The molecular formula is C28H41NO8S2. The van der Waals surface area contributed by atoms with E-state index in [2.05, 4.69) is 4.90 Å². The summed E-state index contributed by atoms with van der Waals surface area (Å²) in [5, 5.41) is 0. The van der Waals surface area contributed by atoms with Crippen LogP contribution in [-0.2, 0) is 30.2 Å². The Labute approximate surface area is 233 Å². The lowest BCUT2D eigenvalue weighted by molar-refractivity contribution is 0.326. The number of methoxy groups -OCH3 is 4. The van der Waals surface area contributed by atoms with Gasteiger partial charge in [-0.25, -0.2) is 16.8 Å².